The lowest BCUT2D eigenvalue weighted by Crippen LogP contribution is -2.45. The second-order valence-electron chi connectivity index (χ2n) is 7.34. The van der Waals surface area contributed by atoms with Crippen LogP contribution in [0.3, 0.4) is 0 Å². The molecule has 1 heterocycles. The molecule has 0 unspecified atom stereocenters. The van der Waals surface area contributed by atoms with Crippen LogP contribution in [0, 0.1) is 5.92 Å². The number of hydrogen-bond acceptors (Lipinski definition) is 2. The third kappa shape index (κ3) is 3.47. The summed E-state index contributed by atoms with van der Waals surface area (Å²) in [5.41, 5.74) is 2.60. The first-order valence-corrected chi connectivity index (χ1v) is 9.24. The number of ether oxygens (including phenoxy) is 1. The van der Waals surface area contributed by atoms with Crippen LogP contribution in [0.2, 0.25) is 0 Å². The molecular weight excluding hydrogens is 310 g/mol. The monoisotopic (exact) mass is 335 g/mol. The molecular formula is C22H25NO2. The van der Waals surface area contributed by atoms with Gasteiger partial charge in [-0.3, -0.25) is 4.79 Å². The summed E-state index contributed by atoms with van der Waals surface area (Å²) in [5, 5.41) is 3.26. The molecule has 130 valence electrons. The zero-order valence-corrected chi connectivity index (χ0v) is 14.5. The van der Waals surface area contributed by atoms with Crippen LogP contribution in [0.25, 0.3) is 0 Å². The lowest BCUT2D eigenvalue weighted by molar-refractivity contribution is -0.122. The fourth-order valence-corrected chi connectivity index (χ4v) is 4.06. The Balaban J connectivity index is 1.41. The highest BCUT2D eigenvalue weighted by atomic mass is 16.5. The highest BCUT2D eigenvalue weighted by Crippen LogP contribution is 2.47. The highest BCUT2D eigenvalue weighted by Gasteiger charge is 2.44. The Bertz CT molecular complexity index is 707. The SMILES string of the molecule is O=C(NCC1(c2ccccc2)CCOCC1)[C@@H]1C[C@H]1c1ccccc1. The van der Waals surface area contributed by atoms with Crippen molar-refractivity contribution in [2.75, 3.05) is 19.8 Å². The lowest BCUT2D eigenvalue weighted by atomic mass is 9.74. The van der Waals surface area contributed by atoms with Gasteiger partial charge in [0, 0.05) is 31.1 Å². The van der Waals surface area contributed by atoms with E-state index in [1.54, 1.807) is 0 Å². The number of nitrogens with one attached hydrogen (secondary N) is 1. The molecule has 2 aliphatic rings. The van der Waals surface area contributed by atoms with Crippen molar-refractivity contribution in [1.82, 2.24) is 5.32 Å². The summed E-state index contributed by atoms with van der Waals surface area (Å²) >= 11 is 0. The Hall–Kier alpha value is -2.13. The van der Waals surface area contributed by atoms with Gasteiger partial charge in [-0.05, 0) is 36.3 Å². The molecule has 3 nitrogen and oxygen atoms in total. The summed E-state index contributed by atoms with van der Waals surface area (Å²) in [6, 6.07) is 21.0. The van der Waals surface area contributed by atoms with Crippen LogP contribution in [0.4, 0.5) is 0 Å². The van der Waals surface area contributed by atoms with Crippen LogP contribution in [-0.4, -0.2) is 25.7 Å². The van der Waals surface area contributed by atoms with Crippen molar-refractivity contribution in [3.05, 3.63) is 71.8 Å². The van der Waals surface area contributed by atoms with Crippen molar-refractivity contribution in [3.8, 4) is 0 Å². The Kier molecular flexibility index (Phi) is 4.58. The van der Waals surface area contributed by atoms with Gasteiger partial charge in [0.1, 0.15) is 0 Å². The fraction of sp³-hybridized carbons (Fsp3) is 0.409. The Morgan fingerprint density at radius 3 is 2.32 bits per heavy atom. The van der Waals surface area contributed by atoms with Gasteiger partial charge in [-0.25, -0.2) is 0 Å². The van der Waals surface area contributed by atoms with E-state index >= 15 is 0 Å². The second kappa shape index (κ2) is 7.01. The molecule has 1 aliphatic carbocycles. The predicted octanol–water partition coefficient (Wildman–Crippen LogP) is 3.65. The summed E-state index contributed by atoms with van der Waals surface area (Å²) in [6.45, 7) is 2.24. The van der Waals surface area contributed by atoms with Gasteiger partial charge in [-0.15, -0.1) is 0 Å². The van der Waals surface area contributed by atoms with E-state index in [0.29, 0.717) is 12.5 Å². The van der Waals surface area contributed by atoms with Crippen molar-refractivity contribution in [2.24, 2.45) is 5.92 Å². The molecule has 0 spiro atoms. The van der Waals surface area contributed by atoms with Gasteiger partial charge in [0.15, 0.2) is 0 Å². The van der Waals surface area contributed by atoms with Gasteiger partial charge < -0.3 is 10.1 Å². The molecule has 2 atom stereocenters. The largest absolute Gasteiger partial charge is 0.381 e. The van der Waals surface area contributed by atoms with Crippen molar-refractivity contribution in [1.29, 1.82) is 0 Å². The second-order valence-corrected chi connectivity index (χ2v) is 7.34. The van der Waals surface area contributed by atoms with E-state index in [1.807, 2.05) is 12.1 Å². The molecule has 0 aromatic heterocycles. The minimum Gasteiger partial charge on any atom is -0.381 e. The first-order valence-electron chi connectivity index (χ1n) is 9.24. The molecule has 3 heteroatoms. The van der Waals surface area contributed by atoms with E-state index in [9.17, 15) is 4.79 Å². The third-order valence-electron chi connectivity index (χ3n) is 5.79. The minimum absolute atomic E-state index is 0.00625. The first kappa shape index (κ1) is 16.3. The van der Waals surface area contributed by atoms with Crippen LogP contribution >= 0.6 is 0 Å². The Morgan fingerprint density at radius 2 is 1.64 bits per heavy atom. The number of hydrogen-bond donors (Lipinski definition) is 1. The van der Waals surface area contributed by atoms with E-state index in [4.69, 9.17) is 4.74 Å². The lowest BCUT2D eigenvalue weighted by Gasteiger charge is -2.38. The van der Waals surface area contributed by atoms with Gasteiger partial charge in [0.2, 0.25) is 5.91 Å². The molecule has 1 aliphatic heterocycles. The fourth-order valence-electron chi connectivity index (χ4n) is 4.06. The van der Waals surface area contributed by atoms with Crippen LogP contribution in [-0.2, 0) is 14.9 Å². The molecule has 2 aromatic carbocycles. The zero-order valence-electron chi connectivity index (χ0n) is 14.5. The van der Waals surface area contributed by atoms with E-state index in [0.717, 1.165) is 32.5 Å². The van der Waals surface area contributed by atoms with Gasteiger partial charge in [-0.2, -0.15) is 0 Å². The van der Waals surface area contributed by atoms with Crippen molar-refractivity contribution in [2.45, 2.75) is 30.6 Å². The maximum Gasteiger partial charge on any atom is 0.223 e. The predicted molar refractivity (Wildman–Crippen MR) is 98.5 cm³/mol. The summed E-state index contributed by atoms with van der Waals surface area (Å²) < 4.78 is 5.58. The number of rotatable bonds is 5. The van der Waals surface area contributed by atoms with Crippen LogP contribution in [0.5, 0.6) is 0 Å². The van der Waals surface area contributed by atoms with Crippen LogP contribution in [0.15, 0.2) is 60.7 Å². The summed E-state index contributed by atoms with van der Waals surface area (Å²) in [7, 11) is 0. The number of carbonyl (C=O) groups excluding carboxylic acids is 1. The van der Waals surface area contributed by atoms with E-state index in [1.165, 1.54) is 11.1 Å². The van der Waals surface area contributed by atoms with Crippen molar-refractivity contribution < 1.29 is 9.53 Å². The first-order chi connectivity index (χ1) is 12.3. The quantitative estimate of drug-likeness (QED) is 0.906. The third-order valence-corrected chi connectivity index (χ3v) is 5.79. The van der Waals surface area contributed by atoms with Crippen LogP contribution < -0.4 is 5.32 Å². The summed E-state index contributed by atoms with van der Waals surface area (Å²) in [4.78, 5) is 12.7. The molecule has 1 saturated heterocycles. The summed E-state index contributed by atoms with van der Waals surface area (Å²) in [6.07, 6.45) is 2.89. The topological polar surface area (TPSA) is 38.3 Å². The van der Waals surface area contributed by atoms with Gasteiger partial charge in [-0.1, -0.05) is 60.7 Å². The number of carbonyl (C=O) groups is 1. The molecule has 2 fully saturated rings. The Morgan fingerprint density at radius 1 is 1.00 bits per heavy atom. The molecule has 1 amide bonds. The maximum absolute atomic E-state index is 12.7. The average molecular weight is 335 g/mol. The molecule has 25 heavy (non-hydrogen) atoms. The van der Waals surface area contributed by atoms with Gasteiger partial charge >= 0.3 is 0 Å². The molecule has 2 aromatic rings. The standard InChI is InChI=1S/C22H25NO2/c24-21(20-15-19(20)17-7-3-1-4-8-17)23-16-22(11-13-25-14-12-22)18-9-5-2-6-10-18/h1-10,19-20H,11-16H2,(H,23,24)/t19-,20+/m0/s1. The molecule has 0 bridgehead atoms. The van der Waals surface area contributed by atoms with E-state index < -0.39 is 0 Å². The number of benzene rings is 2. The van der Waals surface area contributed by atoms with Gasteiger partial charge in [0.05, 0.1) is 0 Å². The molecule has 0 radical (unpaired) electrons. The smallest absolute Gasteiger partial charge is 0.223 e. The minimum atomic E-state index is 0.00625. The maximum atomic E-state index is 12.7. The van der Waals surface area contributed by atoms with Crippen molar-refractivity contribution in [3.63, 3.8) is 0 Å². The number of amides is 1. The van der Waals surface area contributed by atoms with E-state index in [2.05, 4.69) is 53.8 Å². The average Bonchev–Trinajstić information content (AvgIpc) is 3.49. The molecule has 1 N–H and O–H groups in total. The highest BCUT2D eigenvalue weighted by molar-refractivity contribution is 5.83. The van der Waals surface area contributed by atoms with Crippen molar-refractivity contribution >= 4 is 5.91 Å². The Labute approximate surface area is 149 Å². The zero-order chi connectivity index (χ0) is 17.1. The summed E-state index contributed by atoms with van der Waals surface area (Å²) in [5.74, 6) is 0.731. The normalized spacial score (nSPS) is 24.5. The van der Waals surface area contributed by atoms with Gasteiger partial charge in [0.25, 0.3) is 0 Å². The van der Waals surface area contributed by atoms with E-state index in [-0.39, 0.29) is 17.2 Å². The molecule has 1 saturated carbocycles. The van der Waals surface area contributed by atoms with Crippen LogP contribution in [0.1, 0.15) is 36.3 Å². The molecule has 4 rings (SSSR count).